The third kappa shape index (κ3) is 6.99. The lowest BCUT2D eigenvalue weighted by Crippen LogP contribution is -2.40. The van der Waals surface area contributed by atoms with Gasteiger partial charge in [-0.25, -0.2) is 4.99 Å². The zero-order valence-electron chi connectivity index (χ0n) is 15.3. The number of halogens is 3. The van der Waals surface area contributed by atoms with Crippen molar-refractivity contribution >= 4 is 11.9 Å². The average Bonchev–Trinajstić information content (AvgIpc) is 3.17. The topological polar surface area (TPSA) is 66.0 Å². The van der Waals surface area contributed by atoms with Crippen LogP contribution in [0.4, 0.5) is 13.2 Å². The second-order valence-corrected chi connectivity index (χ2v) is 6.08. The second-order valence-electron chi connectivity index (χ2n) is 6.08. The number of nitrogens with one attached hydrogen (secondary N) is 2. The first kappa shape index (κ1) is 20.9. The van der Waals surface area contributed by atoms with Gasteiger partial charge in [0, 0.05) is 19.6 Å². The molecule has 1 saturated heterocycles. The lowest BCUT2D eigenvalue weighted by Gasteiger charge is -2.15. The van der Waals surface area contributed by atoms with E-state index in [1.165, 1.54) is 12.1 Å². The van der Waals surface area contributed by atoms with Crippen LogP contribution in [0.2, 0.25) is 0 Å². The predicted molar refractivity (Wildman–Crippen MR) is 96.7 cm³/mol. The van der Waals surface area contributed by atoms with Gasteiger partial charge in [0.15, 0.2) is 5.96 Å². The molecule has 1 aliphatic rings. The van der Waals surface area contributed by atoms with Crippen molar-refractivity contribution in [2.45, 2.75) is 25.9 Å². The fourth-order valence-electron chi connectivity index (χ4n) is 2.63. The number of amides is 1. The lowest BCUT2D eigenvalue weighted by molar-refractivity contribution is -0.137. The first-order valence-electron chi connectivity index (χ1n) is 9.00. The maximum Gasteiger partial charge on any atom is 0.416 e. The van der Waals surface area contributed by atoms with E-state index >= 15 is 0 Å². The highest BCUT2D eigenvalue weighted by Gasteiger charge is 2.30. The van der Waals surface area contributed by atoms with E-state index < -0.39 is 11.7 Å². The van der Waals surface area contributed by atoms with Gasteiger partial charge >= 0.3 is 6.18 Å². The fourth-order valence-corrected chi connectivity index (χ4v) is 2.63. The highest BCUT2D eigenvalue weighted by atomic mass is 19.4. The number of aliphatic imine (C=N–C) groups is 1. The number of hydrogen-bond donors (Lipinski definition) is 2. The van der Waals surface area contributed by atoms with Crippen molar-refractivity contribution < 1.29 is 22.7 Å². The van der Waals surface area contributed by atoms with E-state index in [4.69, 9.17) is 4.74 Å². The predicted octanol–water partition coefficient (Wildman–Crippen LogP) is 2.26. The van der Waals surface area contributed by atoms with Crippen molar-refractivity contribution in [2.24, 2.45) is 4.99 Å². The van der Waals surface area contributed by atoms with Crippen LogP contribution in [0.3, 0.4) is 0 Å². The number of hydrogen-bond acceptors (Lipinski definition) is 3. The molecule has 0 saturated carbocycles. The van der Waals surface area contributed by atoms with Gasteiger partial charge in [0.25, 0.3) is 0 Å². The summed E-state index contributed by atoms with van der Waals surface area (Å²) in [6.07, 6.45) is -2.28. The summed E-state index contributed by atoms with van der Waals surface area (Å²) in [6, 6.07) is 4.55. The first-order chi connectivity index (χ1) is 12.9. The number of benzene rings is 1. The van der Waals surface area contributed by atoms with Gasteiger partial charge < -0.3 is 20.3 Å². The van der Waals surface area contributed by atoms with Gasteiger partial charge in [-0.3, -0.25) is 4.79 Å². The minimum absolute atomic E-state index is 0.00528. The molecular weight excluding hydrogens is 361 g/mol. The van der Waals surface area contributed by atoms with Crippen LogP contribution in [-0.2, 0) is 11.0 Å². The number of likely N-dealkylation sites (tertiary alicyclic amines) is 1. The number of rotatable bonds is 7. The molecule has 1 heterocycles. The quantitative estimate of drug-likeness (QED) is 0.429. The minimum atomic E-state index is -4.36. The lowest BCUT2D eigenvalue weighted by atomic mass is 10.2. The van der Waals surface area contributed by atoms with Gasteiger partial charge in [0.2, 0.25) is 5.91 Å². The molecule has 0 atom stereocenters. The molecule has 6 nitrogen and oxygen atoms in total. The molecule has 0 spiro atoms. The van der Waals surface area contributed by atoms with Crippen LogP contribution in [-0.4, -0.2) is 56.1 Å². The van der Waals surface area contributed by atoms with Gasteiger partial charge in [0.05, 0.1) is 12.1 Å². The van der Waals surface area contributed by atoms with Crippen LogP contribution in [0.25, 0.3) is 0 Å². The summed E-state index contributed by atoms with van der Waals surface area (Å²) in [6.45, 7) is 4.86. The molecule has 0 aromatic heterocycles. The molecule has 1 aromatic rings. The summed E-state index contributed by atoms with van der Waals surface area (Å²) in [5.74, 6) is 0.864. The van der Waals surface area contributed by atoms with Gasteiger partial charge in [-0.15, -0.1) is 0 Å². The zero-order valence-corrected chi connectivity index (χ0v) is 15.3. The third-order valence-corrected chi connectivity index (χ3v) is 4.02. The van der Waals surface area contributed by atoms with Gasteiger partial charge in [-0.2, -0.15) is 13.2 Å². The zero-order chi connectivity index (χ0) is 19.7. The molecule has 2 rings (SSSR count). The Bertz CT molecular complexity index is 626. The molecule has 0 unspecified atom stereocenters. The molecule has 150 valence electrons. The Balaban J connectivity index is 1.75. The first-order valence-corrected chi connectivity index (χ1v) is 9.00. The van der Waals surface area contributed by atoms with Crippen molar-refractivity contribution in [2.75, 3.05) is 39.3 Å². The van der Waals surface area contributed by atoms with Crippen LogP contribution in [0.1, 0.15) is 25.3 Å². The van der Waals surface area contributed by atoms with Crippen LogP contribution in [0.15, 0.2) is 29.3 Å². The normalized spacial score (nSPS) is 15.0. The van der Waals surface area contributed by atoms with Gasteiger partial charge in [0.1, 0.15) is 18.9 Å². The number of nitrogens with zero attached hydrogens (tertiary/aromatic N) is 2. The molecule has 0 radical (unpaired) electrons. The van der Waals surface area contributed by atoms with Crippen molar-refractivity contribution in [1.29, 1.82) is 0 Å². The summed E-state index contributed by atoms with van der Waals surface area (Å²) >= 11 is 0. The maximum absolute atomic E-state index is 12.5. The van der Waals surface area contributed by atoms with E-state index in [0.29, 0.717) is 24.8 Å². The van der Waals surface area contributed by atoms with Crippen LogP contribution >= 0.6 is 0 Å². The van der Waals surface area contributed by atoms with E-state index in [0.717, 1.165) is 38.1 Å². The SMILES string of the molecule is CCNC(=NCC(=O)N1CCCC1)NCCOc1ccc(C(F)(F)F)cc1. The van der Waals surface area contributed by atoms with E-state index in [9.17, 15) is 18.0 Å². The molecule has 1 amide bonds. The standard InChI is InChI=1S/C18H25F3N4O2/c1-2-22-17(24-13-16(26)25-10-3-4-11-25)23-9-12-27-15-7-5-14(6-8-15)18(19,20)21/h5-8H,2-4,9-13H2,1H3,(H2,22,23,24). The highest BCUT2D eigenvalue weighted by molar-refractivity contribution is 5.85. The molecule has 0 aliphatic carbocycles. The largest absolute Gasteiger partial charge is 0.492 e. The molecule has 27 heavy (non-hydrogen) atoms. The number of alkyl halides is 3. The summed E-state index contributed by atoms with van der Waals surface area (Å²) in [7, 11) is 0. The Labute approximate surface area is 156 Å². The molecular formula is C18H25F3N4O2. The summed E-state index contributed by atoms with van der Waals surface area (Å²) in [4.78, 5) is 18.1. The van der Waals surface area contributed by atoms with E-state index in [1.54, 1.807) is 4.90 Å². The summed E-state index contributed by atoms with van der Waals surface area (Å²) in [5.41, 5.74) is -0.711. The fraction of sp³-hybridized carbons (Fsp3) is 0.556. The van der Waals surface area contributed by atoms with Crippen molar-refractivity contribution in [1.82, 2.24) is 15.5 Å². The molecule has 1 fully saturated rings. The van der Waals surface area contributed by atoms with E-state index in [1.807, 2.05) is 6.92 Å². The van der Waals surface area contributed by atoms with E-state index in [-0.39, 0.29) is 19.1 Å². The molecule has 1 aliphatic heterocycles. The van der Waals surface area contributed by atoms with Crippen molar-refractivity contribution in [3.8, 4) is 5.75 Å². The summed E-state index contributed by atoms with van der Waals surface area (Å²) < 4.78 is 43.0. The molecule has 0 bridgehead atoms. The number of guanidine groups is 1. The van der Waals surface area contributed by atoms with Gasteiger partial charge in [-0.05, 0) is 44.0 Å². The number of carbonyl (C=O) groups is 1. The Morgan fingerprint density at radius 3 is 2.44 bits per heavy atom. The summed E-state index contributed by atoms with van der Waals surface area (Å²) in [5, 5.41) is 6.07. The van der Waals surface area contributed by atoms with Crippen molar-refractivity contribution in [3.05, 3.63) is 29.8 Å². The highest BCUT2D eigenvalue weighted by Crippen LogP contribution is 2.30. The number of carbonyl (C=O) groups excluding carboxylic acids is 1. The van der Waals surface area contributed by atoms with Crippen molar-refractivity contribution in [3.63, 3.8) is 0 Å². The third-order valence-electron chi connectivity index (χ3n) is 4.02. The Morgan fingerprint density at radius 2 is 1.85 bits per heavy atom. The Morgan fingerprint density at radius 1 is 1.19 bits per heavy atom. The Kier molecular flexibility index (Phi) is 7.75. The molecule has 1 aromatic carbocycles. The van der Waals surface area contributed by atoms with Crippen LogP contribution in [0, 0.1) is 0 Å². The van der Waals surface area contributed by atoms with Crippen LogP contribution < -0.4 is 15.4 Å². The number of ether oxygens (including phenoxy) is 1. The monoisotopic (exact) mass is 386 g/mol. The van der Waals surface area contributed by atoms with E-state index in [2.05, 4.69) is 15.6 Å². The Hall–Kier alpha value is -2.45. The molecule has 2 N–H and O–H groups in total. The average molecular weight is 386 g/mol. The molecule has 9 heteroatoms. The van der Waals surface area contributed by atoms with Gasteiger partial charge in [-0.1, -0.05) is 0 Å². The maximum atomic E-state index is 12.5. The minimum Gasteiger partial charge on any atom is -0.492 e. The van der Waals surface area contributed by atoms with Crippen LogP contribution in [0.5, 0.6) is 5.75 Å². The second kappa shape index (κ2) is 10.0. The smallest absolute Gasteiger partial charge is 0.416 e.